The topological polar surface area (TPSA) is 27.7 Å². The van der Waals surface area contributed by atoms with Crippen molar-refractivity contribution in [1.29, 1.82) is 0 Å². The summed E-state index contributed by atoms with van der Waals surface area (Å²) >= 11 is 0. The Balaban J connectivity index is 1.21. The summed E-state index contributed by atoms with van der Waals surface area (Å²) in [5.41, 5.74) is -0.969. The molecule has 1 saturated carbocycles. The predicted molar refractivity (Wildman–Crippen MR) is 169 cm³/mol. The van der Waals surface area contributed by atoms with Crippen molar-refractivity contribution in [3.63, 3.8) is 0 Å². The maximum atomic E-state index is 15.3. The first-order chi connectivity index (χ1) is 22.6. The molecular formula is C38H42F6O3. The van der Waals surface area contributed by atoms with E-state index in [0.717, 1.165) is 63.0 Å². The molecule has 3 aromatic rings. The molecular weight excluding hydrogens is 618 g/mol. The average molecular weight is 661 g/mol. The third-order valence-electron chi connectivity index (χ3n) is 9.36. The van der Waals surface area contributed by atoms with Crippen LogP contribution in [0.1, 0.15) is 87.3 Å². The lowest BCUT2D eigenvalue weighted by Crippen LogP contribution is -2.38. The number of unbranched alkanes of at least 4 members (excludes halogenated alkanes) is 2. The summed E-state index contributed by atoms with van der Waals surface area (Å²) in [6, 6.07) is 8.89. The minimum Gasteiger partial charge on any atom is -0.429 e. The van der Waals surface area contributed by atoms with Crippen molar-refractivity contribution in [2.24, 2.45) is 11.8 Å². The third kappa shape index (κ3) is 8.60. The van der Waals surface area contributed by atoms with Gasteiger partial charge in [0.25, 0.3) is 0 Å². The summed E-state index contributed by atoms with van der Waals surface area (Å²) in [5.74, 6) is -4.50. The van der Waals surface area contributed by atoms with Crippen molar-refractivity contribution < 1.29 is 40.6 Å². The molecule has 0 N–H and O–H groups in total. The number of aryl methyl sites for hydroxylation is 1. The zero-order chi connectivity index (χ0) is 33.6. The van der Waals surface area contributed by atoms with Gasteiger partial charge < -0.3 is 14.2 Å². The quantitative estimate of drug-likeness (QED) is 0.104. The van der Waals surface area contributed by atoms with E-state index in [-0.39, 0.29) is 34.8 Å². The molecule has 254 valence electrons. The fourth-order valence-electron chi connectivity index (χ4n) is 6.68. The van der Waals surface area contributed by atoms with Gasteiger partial charge in [0.2, 0.25) is 0 Å². The van der Waals surface area contributed by atoms with Crippen LogP contribution in [-0.2, 0) is 22.0 Å². The Morgan fingerprint density at radius 3 is 2.17 bits per heavy atom. The van der Waals surface area contributed by atoms with Crippen LogP contribution in [0.2, 0.25) is 0 Å². The maximum absolute atomic E-state index is 15.3. The SMILES string of the molecule is C=CCCc1ccc(OC(F)(F)c2c(F)cc(-c3ccc(C4CCC(C5OCC(CCCCC)CO5)CC4)cc3F)cc2F)cc1F. The van der Waals surface area contributed by atoms with Gasteiger partial charge in [-0.1, -0.05) is 50.5 Å². The van der Waals surface area contributed by atoms with Gasteiger partial charge in [-0.05, 0) is 91.8 Å². The van der Waals surface area contributed by atoms with E-state index in [1.165, 1.54) is 37.5 Å². The molecule has 2 aliphatic rings. The van der Waals surface area contributed by atoms with E-state index >= 15 is 13.2 Å². The Labute approximate surface area is 272 Å². The highest BCUT2D eigenvalue weighted by atomic mass is 19.3. The molecule has 5 rings (SSSR count). The summed E-state index contributed by atoms with van der Waals surface area (Å²) in [6.45, 7) is 7.18. The Morgan fingerprint density at radius 2 is 1.55 bits per heavy atom. The smallest absolute Gasteiger partial charge is 0.429 e. The van der Waals surface area contributed by atoms with Gasteiger partial charge in [0.1, 0.15) is 34.6 Å². The summed E-state index contributed by atoms with van der Waals surface area (Å²) in [6.07, 6.45) is 5.80. The standard InChI is InChI=1S/C38H42F6O3/c1-3-5-7-8-24-22-45-37(46-23-24)27-12-10-25(11-13-27)28-15-17-31(33(40)18-28)29-19-34(41)36(35(42)20-29)38(43,44)47-30-16-14-26(9-6-4-2)32(39)21-30/h4,14-21,24-25,27,37H,2-3,5-13,22-23H2,1H3. The second-order valence-corrected chi connectivity index (χ2v) is 12.8. The van der Waals surface area contributed by atoms with E-state index in [9.17, 15) is 13.2 Å². The fourth-order valence-corrected chi connectivity index (χ4v) is 6.68. The molecule has 0 bridgehead atoms. The van der Waals surface area contributed by atoms with Crippen LogP contribution in [0.15, 0.2) is 61.2 Å². The second kappa shape index (κ2) is 15.7. The molecule has 1 aliphatic heterocycles. The van der Waals surface area contributed by atoms with Crippen molar-refractivity contribution in [3.05, 3.63) is 101 Å². The number of hydrogen-bond donors (Lipinski definition) is 0. The summed E-state index contributed by atoms with van der Waals surface area (Å²) < 4.78 is 106. The summed E-state index contributed by atoms with van der Waals surface area (Å²) in [7, 11) is 0. The van der Waals surface area contributed by atoms with Crippen LogP contribution >= 0.6 is 0 Å². The molecule has 9 heteroatoms. The van der Waals surface area contributed by atoms with E-state index in [0.29, 0.717) is 30.9 Å². The van der Waals surface area contributed by atoms with Crippen LogP contribution in [-0.4, -0.2) is 19.5 Å². The van der Waals surface area contributed by atoms with E-state index in [1.807, 2.05) is 0 Å². The highest BCUT2D eigenvalue weighted by Crippen LogP contribution is 2.41. The van der Waals surface area contributed by atoms with Gasteiger partial charge in [0.05, 0.1) is 13.2 Å². The number of alkyl halides is 2. The van der Waals surface area contributed by atoms with Crippen molar-refractivity contribution in [3.8, 4) is 16.9 Å². The zero-order valence-electron chi connectivity index (χ0n) is 26.7. The van der Waals surface area contributed by atoms with Crippen molar-refractivity contribution in [1.82, 2.24) is 0 Å². The highest BCUT2D eigenvalue weighted by molar-refractivity contribution is 5.65. The molecule has 1 saturated heterocycles. The average Bonchev–Trinajstić information content (AvgIpc) is 3.04. The monoisotopic (exact) mass is 660 g/mol. The van der Waals surface area contributed by atoms with Crippen molar-refractivity contribution in [2.45, 2.75) is 89.4 Å². The molecule has 0 atom stereocenters. The maximum Gasteiger partial charge on any atom is 0.432 e. The number of halogens is 6. The molecule has 2 fully saturated rings. The van der Waals surface area contributed by atoms with E-state index in [1.54, 1.807) is 12.1 Å². The van der Waals surface area contributed by atoms with Crippen LogP contribution in [0.25, 0.3) is 11.1 Å². The Kier molecular flexibility index (Phi) is 11.7. The number of ether oxygens (including phenoxy) is 3. The molecule has 0 unspecified atom stereocenters. The molecule has 3 aromatic carbocycles. The van der Waals surface area contributed by atoms with Crippen LogP contribution in [0.3, 0.4) is 0 Å². The van der Waals surface area contributed by atoms with Crippen LogP contribution < -0.4 is 4.74 Å². The second-order valence-electron chi connectivity index (χ2n) is 12.8. The van der Waals surface area contributed by atoms with Gasteiger partial charge in [-0.15, -0.1) is 6.58 Å². The molecule has 0 spiro atoms. The predicted octanol–water partition coefficient (Wildman–Crippen LogP) is 11.0. The van der Waals surface area contributed by atoms with Crippen molar-refractivity contribution in [2.75, 3.05) is 13.2 Å². The largest absolute Gasteiger partial charge is 0.432 e. The number of rotatable bonds is 13. The van der Waals surface area contributed by atoms with Gasteiger partial charge in [-0.3, -0.25) is 0 Å². The Morgan fingerprint density at radius 1 is 0.851 bits per heavy atom. The lowest BCUT2D eigenvalue weighted by atomic mass is 9.78. The molecule has 1 heterocycles. The zero-order valence-corrected chi connectivity index (χ0v) is 26.7. The van der Waals surface area contributed by atoms with E-state index in [2.05, 4.69) is 18.2 Å². The lowest BCUT2D eigenvalue weighted by Gasteiger charge is -2.37. The molecule has 0 radical (unpaired) electrons. The minimum absolute atomic E-state index is 0.104. The molecule has 47 heavy (non-hydrogen) atoms. The number of hydrogen-bond acceptors (Lipinski definition) is 3. The van der Waals surface area contributed by atoms with E-state index in [4.69, 9.17) is 9.47 Å². The molecule has 3 nitrogen and oxygen atoms in total. The molecule has 0 amide bonds. The van der Waals surface area contributed by atoms with Crippen LogP contribution in [0.5, 0.6) is 5.75 Å². The minimum atomic E-state index is -4.47. The first-order valence-electron chi connectivity index (χ1n) is 16.6. The van der Waals surface area contributed by atoms with Crippen LogP contribution in [0, 0.1) is 35.1 Å². The fraction of sp³-hybridized carbons (Fsp3) is 0.474. The van der Waals surface area contributed by atoms with Gasteiger partial charge in [0, 0.05) is 23.5 Å². The van der Waals surface area contributed by atoms with Gasteiger partial charge in [-0.25, -0.2) is 17.6 Å². The first-order valence-corrected chi connectivity index (χ1v) is 16.6. The number of benzene rings is 3. The van der Waals surface area contributed by atoms with E-state index < -0.39 is 40.7 Å². The van der Waals surface area contributed by atoms with Crippen molar-refractivity contribution >= 4 is 0 Å². The third-order valence-corrected chi connectivity index (χ3v) is 9.36. The lowest BCUT2D eigenvalue weighted by molar-refractivity contribution is -0.229. The number of allylic oxidation sites excluding steroid dienone is 1. The Hall–Kier alpha value is -3.30. The summed E-state index contributed by atoms with van der Waals surface area (Å²) in [4.78, 5) is 0. The highest BCUT2D eigenvalue weighted by Gasteiger charge is 2.41. The molecule has 1 aliphatic carbocycles. The first kappa shape index (κ1) is 35.0. The summed E-state index contributed by atoms with van der Waals surface area (Å²) in [5, 5.41) is 0. The normalized spacial score (nSPS) is 21.9. The van der Waals surface area contributed by atoms with Crippen LogP contribution in [0.4, 0.5) is 26.3 Å². The van der Waals surface area contributed by atoms with Gasteiger partial charge in [-0.2, -0.15) is 8.78 Å². The molecule has 0 aromatic heterocycles. The van der Waals surface area contributed by atoms with Gasteiger partial charge in [0.15, 0.2) is 6.29 Å². The Bertz CT molecular complexity index is 1490. The van der Waals surface area contributed by atoms with Gasteiger partial charge >= 0.3 is 6.11 Å².